The van der Waals surface area contributed by atoms with Crippen LogP contribution in [0.2, 0.25) is 0 Å². The molecule has 1 aromatic rings. The number of nitrogens with zero attached hydrogens (tertiary/aromatic N) is 1. The molecular formula is C13H16N2O2S. The monoisotopic (exact) mass is 264 g/mol. The van der Waals surface area contributed by atoms with Crippen LogP contribution in [-0.4, -0.2) is 35.8 Å². The van der Waals surface area contributed by atoms with E-state index >= 15 is 0 Å². The molecule has 2 amide bonds. The van der Waals surface area contributed by atoms with Crippen molar-refractivity contribution in [2.75, 3.05) is 13.1 Å². The average molecular weight is 264 g/mol. The summed E-state index contributed by atoms with van der Waals surface area (Å²) in [4.78, 5) is 26.9. The Labute approximate surface area is 110 Å². The zero-order valence-electron chi connectivity index (χ0n) is 10.1. The number of carbonyl (C=O) groups is 2. The number of carbonyl (C=O) groups excluding carboxylic acids is 2. The smallest absolute Gasteiger partial charge is 0.243 e. The minimum Gasteiger partial charge on any atom is -0.345 e. The van der Waals surface area contributed by atoms with Crippen LogP contribution >= 0.6 is 11.3 Å². The molecule has 18 heavy (non-hydrogen) atoms. The third kappa shape index (κ3) is 2.27. The fourth-order valence-electron chi connectivity index (χ4n) is 2.50. The number of thiophene rings is 1. The van der Waals surface area contributed by atoms with Gasteiger partial charge in [0, 0.05) is 11.4 Å². The topological polar surface area (TPSA) is 49.4 Å². The van der Waals surface area contributed by atoms with Gasteiger partial charge in [-0.15, -0.1) is 11.3 Å². The summed E-state index contributed by atoms with van der Waals surface area (Å²) >= 11 is 1.70. The quantitative estimate of drug-likeness (QED) is 0.883. The molecule has 1 aromatic heterocycles. The molecule has 5 heteroatoms. The van der Waals surface area contributed by atoms with E-state index in [-0.39, 0.29) is 24.4 Å². The van der Waals surface area contributed by atoms with E-state index in [1.165, 1.54) is 4.88 Å². The van der Waals surface area contributed by atoms with Gasteiger partial charge in [0.25, 0.3) is 0 Å². The lowest BCUT2D eigenvalue weighted by molar-refractivity contribution is -0.146. The molecule has 2 aliphatic rings. The first-order chi connectivity index (χ1) is 8.75. The molecule has 1 saturated heterocycles. The predicted octanol–water partition coefficient (Wildman–Crippen LogP) is 1.03. The molecule has 0 spiro atoms. The molecule has 1 unspecified atom stereocenters. The van der Waals surface area contributed by atoms with Crippen LogP contribution in [-0.2, 0) is 16.0 Å². The van der Waals surface area contributed by atoms with Gasteiger partial charge >= 0.3 is 0 Å². The standard InChI is InChI=1S/C13H16N2O2S/c16-11-8-14-13(17)12(9-3-4-9)15(11)6-5-10-2-1-7-18-10/h1-2,7,9,12H,3-6,8H2,(H,14,17). The summed E-state index contributed by atoms with van der Waals surface area (Å²) in [5.74, 6) is 0.476. The number of hydrogen-bond donors (Lipinski definition) is 1. The van der Waals surface area contributed by atoms with Crippen LogP contribution in [0.5, 0.6) is 0 Å². The van der Waals surface area contributed by atoms with E-state index in [2.05, 4.69) is 11.4 Å². The van der Waals surface area contributed by atoms with E-state index in [9.17, 15) is 9.59 Å². The van der Waals surface area contributed by atoms with Crippen LogP contribution in [0.1, 0.15) is 17.7 Å². The van der Waals surface area contributed by atoms with E-state index in [1.807, 2.05) is 11.4 Å². The van der Waals surface area contributed by atoms with Crippen LogP contribution in [0.3, 0.4) is 0 Å². The van der Waals surface area contributed by atoms with Gasteiger partial charge in [0.1, 0.15) is 6.04 Å². The molecule has 1 N–H and O–H groups in total. The third-order valence-electron chi connectivity index (χ3n) is 3.59. The highest BCUT2D eigenvalue weighted by Crippen LogP contribution is 2.36. The lowest BCUT2D eigenvalue weighted by atomic mass is 10.1. The number of rotatable bonds is 4. The first kappa shape index (κ1) is 11.7. The predicted molar refractivity (Wildman–Crippen MR) is 69.3 cm³/mol. The maximum absolute atomic E-state index is 12.0. The maximum Gasteiger partial charge on any atom is 0.243 e. The fourth-order valence-corrected chi connectivity index (χ4v) is 3.19. The molecule has 1 saturated carbocycles. The van der Waals surface area contributed by atoms with Crippen LogP contribution < -0.4 is 5.32 Å². The maximum atomic E-state index is 12.0. The summed E-state index contributed by atoms with van der Waals surface area (Å²) in [6.07, 6.45) is 2.99. The third-order valence-corrected chi connectivity index (χ3v) is 4.52. The molecule has 1 aliphatic heterocycles. The summed E-state index contributed by atoms with van der Waals surface area (Å²) in [6.45, 7) is 0.820. The van der Waals surface area contributed by atoms with Crippen LogP contribution in [0.15, 0.2) is 17.5 Å². The van der Waals surface area contributed by atoms with E-state index in [0.29, 0.717) is 12.5 Å². The van der Waals surface area contributed by atoms with Gasteiger partial charge in [0.05, 0.1) is 6.54 Å². The molecule has 0 bridgehead atoms. The zero-order valence-corrected chi connectivity index (χ0v) is 10.9. The zero-order chi connectivity index (χ0) is 12.5. The van der Waals surface area contributed by atoms with Gasteiger partial charge in [-0.2, -0.15) is 0 Å². The summed E-state index contributed by atoms with van der Waals surface area (Å²) in [5, 5.41) is 4.74. The molecule has 2 heterocycles. The fraction of sp³-hybridized carbons (Fsp3) is 0.538. The molecule has 1 aliphatic carbocycles. The van der Waals surface area contributed by atoms with Gasteiger partial charge < -0.3 is 10.2 Å². The second kappa shape index (κ2) is 4.72. The summed E-state index contributed by atoms with van der Waals surface area (Å²) in [6, 6.07) is 3.88. The minimum absolute atomic E-state index is 0.0308. The van der Waals surface area contributed by atoms with Gasteiger partial charge in [0.15, 0.2) is 0 Å². The Morgan fingerprint density at radius 3 is 2.89 bits per heavy atom. The molecule has 0 aromatic carbocycles. The number of amides is 2. The molecule has 96 valence electrons. The summed E-state index contributed by atoms with van der Waals surface area (Å²) < 4.78 is 0. The van der Waals surface area contributed by atoms with E-state index in [0.717, 1.165) is 19.3 Å². The lowest BCUT2D eigenvalue weighted by Gasteiger charge is -2.35. The van der Waals surface area contributed by atoms with Crippen molar-refractivity contribution in [3.63, 3.8) is 0 Å². The van der Waals surface area contributed by atoms with Crippen molar-refractivity contribution >= 4 is 23.2 Å². The number of nitrogens with one attached hydrogen (secondary N) is 1. The van der Waals surface area contributed by atoms with Crippen LogP contribution in [0.4, 0.5) is 0 Å². The van der Waals surface area contributed by atoms with E-state index in [4.69, 9.17) is 0 Å². The Bertz CT molecular complexity index is 454. The van der Waals surface area contributed by atoms with Gasteiger partial charge in [-0.05, 0) is 36.6 Å². The Hall–Kier alpha value is -1.36. The van der Waals surface area contributed by atoms with Crippen LogP contribution in [0, 0.1) is 5.92 Å². The first-order valence-electron chi connectivity index (χ1n) is 6.35. The Morgan fingerprint density at radius 2 is 2.22 bits per heavy atom. The molecule has 3 rings (SSSR count). The second-order valence-corrected chi connectivity index (χ2v) is 5.95. The van der Waals surface area contributed by atoms with Gasteiger partial charge in [0.2, 0.25) is 11.8 Å². The highest BCUT2D eigenvalue weighted by atomic mass is 32.1. The number of hydrogen-bond acceptors (Lipinski definition) is 3. The van der Waals surface area contributed by atoms with Crippen molar-refractivity contribution in [3.05, 3.63) is 22.4 Å². The molecule has 1 atom stereocenters. The van der Waals surface area contributed by atoms with Crippen molar-refractivity contribution in [1.82, 2.24) is 10.2 Å². The van der Waals surface area contributed by atoms with Crippen molar-refractivity contribution in [2.45, 2.75) is 25.3 Å². The van der Waals surface area contributed by atoms with Crippen molar-refractivity contribution < 1.29 is 9.59 Å². The van der Waals surface area contributed by atoms with E-state index < -0.39 is 0 Å². The van der Waals surface area contributed by atoms with Gasteiger partial charge in [-0.3, -0.25) is 9.59 Å². The van der Waals surface area contributed by atoms with Crippen molar-refractivity contribution in [3.8, 4) is 0 Å². The van der Waals surface area contributed by atoms with Crippen molar-refractivity contribution in [1.29, 1.82) is 0 Å². The second-order valence-electron chi connectivity index (χ2n) is 4.92. The number of piperazine rings is 1. The normalized spacial score (nSPS) is 24.2. The largest absolute Gasteiger partial charge is 0.345 e. The van der Waals surface area contributed by atoms with Crippen LogP contribution in [0.25, 0.3) is 0 Å². The van der Waals surface area contributed by atoms with Gasteiger partial charge in [-0.25, -0.2) is 0 Å². The summed E-state index contributed by atoms with van der Waals surface area (Å²) in [7, 11) is 0. The summed E-state index contributed by atoms with van der Waals surface area (Å²) in [5.41, 5.74) is 0. The minimum atomic E-state index is -0.216. The highest BCUT2D eigenvalue weighted by Gasteiger charge is 2.44. The Balaban J connectivity index is 1.69. The lowest BCUT2D eigenvalue weighted by Crippen LogP contribution is -2.59. The van der Waals surface area contributed by atoms with E-state index in [1.54, 1.807) is 16.2 Å². The molecule has 2 fully saturated rings. The SMILES string of the molecule is O=C1NCC(=O)N(CCc2cccs2)C1C1CC1. The Morgan fingerprint density at radius 1 is 1.39 bits per heavy atom. The van der Waals surface area contributed by atoms with Gasteiger partial charge in [-0.1, -0.05) is 6.07 Å². The van der Waals surface area contributed by atoms with Crippen molar-refractivity contribution in [2.24, 2.45) is 5.92 Å². The molecular weight excluding hydrogens is 248 g/mol. The first-order valence-corrected chi connectivity index (χ1v) is 7.23. The molecule has 4 nitrogen and oxygen atoms in total. The average Bonchev–Trinajstić information content (AvgIpc) is 3.06. The highest BCUT2D eigenvalue weighted by molar-refractivity contribution is 7.09. The Kier molecular flexibility index (Phi) is 3.07. The molecule has 0 radical (unpaired) electrons.